The average molecular weight is 199 g/mol. The summed E-state index contributed by atoms with van der Waals surface area (Å²) in [7, 11) is 2.41. The lowest BCUT2D eigenvalue weighted by molar-refractivity contribution is 0.0584. The number of hydrogen-bond donors (Lipinski definition) is 1. The zero-order valence-electron chi connectivity index (χ0n) is 7.68. The molecule has 14 heavy (non-hydrogen) atoms. The molecule has 0 atom stereocenters. The Morgan fingerprint density at radius 2 is 1.93 bits per heavy atom. The molecule has 76 valence electrons. The van der Waals surface area contributed by atoms with Crippen molar-refractivity contribution in [2.45, 2.75) is 0 Å². The van der Waals surface area contributed by atoms with Crippen molar-refractivity contribution in [3.8, 4) is 0 Å². The van der Waals surface area contributed by atoms with Gasteiger partial charge < -0.3 is 15.3 Å². The molecule has 0 saturated heterocycles. The van der Waals surface area contributed by atoms with Crippen LogP contribution in [0.4, 0.5) is 0 Å². The Hall–Kier alpha value is -2.05. The van der Waals surface area contributed by atoms with Gasteiger partial charge in [-0.2, -0.15) is 4.79 Å². The van der Waals surface area contributed by atoms with Crippen LogP contribution in [-0.4, -0.2) is 36.0 Å². The fourth-order valence-electron chi connectivity index (χ4n) is 0.856. The van der Waals surface area contributed by atoms with E-state index in [4.69, 9.17) is 5.84 Å². The van der Waals surface area contributed by atoms with E-state index in [1.807, 2.05) is 0 Å². The third kappa shape index (κ3) is 1.65. The van der Waals surface area contributed by atoms with Crippen molar-refractivity contribution >= 4 is 11.9 Å². The zero-order valence-corrected chi connectivity index (χ0v) is 7.68. The summed E-state index contributed by atoms with van der Waals surface area (Å²) in [5.74, 6) is 3.97. The van der Waals surface area contributed by atoms with Crippen LogP contribution in [0.3, 0.4) is 0 Å². The highest BCUT2D eigenvalue weighted by Gasteiger charge is 2.18. The van der Waals surface area contributed by atoms with E-state index in [9.17, 15) is 9.59 Å². The minimum absolute atomic E-state index is 0.0205. The highest BCUT2D eigenvalue weighted by molar-refractivity contribution is 5.93. The number of hydrogen-bond acceptors (Lipinski definition) is 6. The number of esters is 2. The summed E-state index contributed by atoms with van der Waals surface area (Å²) in [6, 6.07) is 1.19. The van der Waals surface area contributed by atoms with Gasteiger partial charge in [-0.05, 0) is 0 Å². The van der Waals surface area contributed by atoms with Crippen LogP contribution < -0.4 is 5.84 Å². The minimum atomic E-state index is -0.671. The smallest absolute Gasteiger partial charge is 0.358 e. The summed E-state index contributed by atoms with van der Waals surface area (Å²) in [6.07, 6.45) is 0. The summed E-state index contributed by atoms with van der Waals surface area (Å²) in [6.45, 7) is 0. The Kier molecular flexibility index (Phi) is 2.70. The number of methoxy groups -OCH3 is 2. The maximum Gasteiger partial charge on any atom is 0.358 e. The second-order valence-electron chi connectivity index (χ2n) is 2.34. The van der Waals surface area contributed by atoms with Gasteiger partial charge in [-0.15, -0.1) is 5.10 Å². The molecule has 1 rings (SSSR count). The Bertz CT molecular complexity index is 371. The van der Waals surface area contributed by atoms with Crippen LogP contribution >= 0.6 is 0 Å². The van der Waals surface area contributed by atoms with E-state index in [0.29, 0.717) is 0 Å². The van der Waals surface area contributed by atoms with E-state index in [1.54, 1.807) is 0 Å². The van der Waals surface area contributed by atoms with Crippen molar-refractivity contribution in [2.24, 2.45) is 0 Å². The Morgan fingerprint density at radius 3 is 2.43 bits per heavy atom. The molecule has 0 saturated carbocycles. The maximum atomic E-state index is 11.0. The van der Waals surface area contributed by atoms with Gasteiger partial charge in [0.15, 0.2) is 11.4 Å². The monoisotopic (exact) mass is 199 g/mol. The molecule has 0 spiro atoms. The molecule has 1 heterocycles. The molecule has 1 aromatic rings. The first-order valence-corrected chi connectivity index (χ1v) is 3.62. The molecule has 0 aliphatic carbocycles. The lowest BCUT2D eigenvalue weighted by atomic mass is 10.3. The number of carbonyl (C=O) groups excluding carboxylic acids is 2. The molecule has 0 fully saturated rings. The van der Waals surface area contributed by atoms with Crippen molar-refractivity contribution in [2.75, 3.05) is 20.1 Å². The van der Waals surface area contributed by atoms with Gasteiger partial charge in [0.25, 0.3) is 0 Å². The second kappa shape index (κ2) is 3.77. The number of nitrogen functional groups attached to an aromatic ring is 1. The average Bonchev–Trinajstić information content (AvgIpc) is 2.58. The highest BCUT2D eigenvalue weighted by Crippen LogP contribution is 2.04. The molecule has 7 nitrogen and oxygen atoms in total. The molecule has 0 aliphatic heterocycles. The number of carbonyl (C=O) groups is 2. The van der Waals surface area contributed by atoms with E-state index < -0.39 is 11.9 Å². The first kappa shape index (κ1) is 10.0. The van der Waals surface area contributed by atoms with Crippen molar-refractivity contribution < 1.29 is 19.1 Å². The van der Waals surface area contributed by atoms with Crippen molar-refractivity contribution in [3.63, 3.8) is 0 Å². The summed E-state index contributed by atoms with van der Waals surface area (Å²) in [4.78, 5) is 22.8. The van der Waals surface area contributed by atoms with Gasteiger partial charge in [0.2, 0.25) is 0 Å². The molecule has 0 radical (unpaired) electrons. The van der Waals surface area contributed by atoms with Crippen LogP contribution in [0.15, 0.2) is 6.07 Å². The van der Waals surface area contributed by atoms with Crippen LogP contribution in [0.5, 0.6) is 0 Å². The lowest BCUT2D eigenvalue weighted by Crippen LogP contribution is -2.18. The molecule has 0 unspecified atom stereocenters. The predicted molar refractivity (Wildman–Crippen MR) is 45.1 cm³/mol. The highest BCUT2D eigenvalue weighted by atomic mass is 16.5. The van der Waals surface area contributed by atoms with E-state index in [1.165, 1.54) is 20.3 Å². The van der Waals surface area contributed by atoms with E-state index in [0.717, 1.165) is 4.79 Å². The fourth-order valence-corrected chi connectivity index (χ4v) is 0.856. The number of rotatable bonds is 2. The first-order valence-electron chi connectivity index (χ1n) is 3.62. The summed E-state index contributed by atoms with van der Waals surface area (Å²) >= 11 is 0. The van der Waals surface area contributed by atoms with Crippen LogP contribution in [0, 0.1) is 0 Å². The van der Waals surface area contributed by atoms with Gasteiger partial charge in [-0.3, -0.25) is 0 Å². The summed E-state index contributed by atoms with van der Waals surface area (Å²) < 4.78 is 8.81. The topological polar surface area (TPSA) is 96.4 Å². The fraction of sp³-hybridized carbons (Fsp3) is 0.286. The first-order chi connectivity index (χ1) is 6.60. The molecule has 0 bridgehead atoms. The quantitative estimate of drug-likeness (QED) is 0.493. The molecule has 1 aromatic heterocycles. The predicted octanol–water partition coefficient (Wildman–Crippen LogP) is -0.830. The standard InChI is InChI=1S/C7H9N3O4/c1-13-6(11)4-3-5(7(12)14-2)10(8)9-4/h3H,8H2,1-2H3. The van der Waals surface area contributed by atoms with Crippen LogP contribution in [-0.2, 0) is 9.47 Å². The van der Waals surface area contributed by atoms with Crippen molar-refractivity contribution in [1.82, 2.24) is 9.89 Å². The van der Waals surface area contributed by atoms with Gasteiger partial charge in [0.1, 0.15) is 0 Å². The number of nitrogens with two attached hydrogens (primary N) is 1. The molecule has 0 amide bonds. The molecular formula is C7H9N3O4. The van der Waals surface area contributed by atoms with Gasteiger partial charge in [0.05, 0.1) is 14.2 Å². The number of nitrogens with zero attached hydrogens (tertiary/aromatic N) is 2. The molecular weight excluding hydrogens is 190 g/mol. The van der Waals surface area contributed by atoms with E-state index in [2.05, 4.69) is 14.6 Å². The van der Waals surface area contributed by atoms with Crippen LogP contribution in [0.2, 0.25) is 0 Å². The maximum absolute atomic E-state index is 11.0. The van der Waals surface area contributed by atoms with Crippen LogP contribution in [0.25, 0.3) is 0 Å². The summed E-state index contributed by atoms with van der Waals surface area (Å²) in [5.41, 5.74) is -0.0664. The molecule has 0 aromatic carbocycles. The Morgan fingerprint density at radius 1 is 1.36 bits per heavy atom. The van der Waals surface area contributed by atoms with Crippen LogP contribution in [0.1, 0.15) is 21.0 Å². The Labute approximate surface area is 79.4 Å². The van der Waals surface area contributed by atoms with E-state index in [-0.39, 0.29) is 11.4 Å². The molecule has 7 heteroatoms. The van der Waals surface area contributed by atoms with Gasteiger partial charge in [0, 0.05) is 6.07 Å². The van der Waals surface area contributed by atoms with Gasteiger partial charge in [-0.1, -0.05) is 0 Å². The lowest BCUT2D eigenvalue weighted by Gasteiger charge is -1.96. The SMILES string of the molecule is COC(=O)c1cc(C(=O)OC)n(N)n1. The number of aromatic nitrogens is 2. The Balaban J connectivity index is 3.05. The normalized spacial score (nSPS) is 9.57. The molecule has 2 N–H and O–H groups in total. The third-order valence-corrected chi connectivity index (χ3v) is 1.52. The zero-order chi connectivity index (χ0) is 10.7. The van der Waals surface area contributed by atoms with Gasteiger partial charge in [-0.25, -0.2) is 9.59 Å². The van der Waals surface area contributed by atoms with E-state index >= 15 is 0 Å². The van der Waals surface area contributed by atoms with Crippen molar-refractivity contribution in [3.05, 3.63) is 17.5 Å². The minimum Gasteiger partial charge on any atom is -0.464 e. The van der Waals surface area contributed by atoms with Gasteiger partial charge >= 0.3 is 11.9 Å². The number of ether oxygens (including phenoxy) is 2. The molecule has 0 aliphatic rings. The summed E-state index contributed by atoms with van der Waals surface area (Å²) in [5, 5.41) is 3.57. The second-order valence-corrected chi connectivity index (χ2v) is 2.34. The van der Waals surface area contributed by atoms with Crippen molar-refractivity contribution in [1.29, 1.82) is 0 Å². The largest absolute Gasteiger partial charge is 0.464 e. The third-order valence-electron chi connectivity index (χ3n) is 1.52.